The largest absolute Gasteiger partial charge is 0.478 e. The first kappa shape index (κ1) is 21.5. The van der Waals surface area contributed by atoms with Crippen LogP contribution >= 0.6 is 23.8 Å². The highest BCUT2D eigenvalue weighted by atomic mass is 35.5. The Balaban J connectivity index is 1.67. The van der Waals surface area contributed by atoms with Crippen molar-refractivity contribution in [2.24, 2.45) is 0 Å². The Morgan fingerprint density at radius 1 is 1.16 bits per heavy atom. The Labute approximate surface area is 192 Å². The molecule has 1 fully saturated rings. The second kappa shape index (κ2) is 8.41. The van der Waals surface area contributed by atoms with Crippen molar-refractivity contribution < 1.29 is 23.9 Å². The van der Waals surface area contributed by atoms with E-state index in [1.54, 1.807) is 55.5 Å². The van der Waals surface area contributed by atoms with Gasteiger partial charge in [-0.2, -0.15) is 0 Å². The first-order chi connectivity index (χ1) is 15.2. The van der Waals surface area contributed by atoms with Gasteiger partial charge in [-0.25, -0.2) is 4.79 Å². The predicted octanol–water partition coefficient (Wildman–Crippen LogP) is 4.44. The van der Waals surface area contributed by atoms with E-state index in [2.05, 4.69) is 5.32 Å². The summed E-state index contributed by atoms with van der Waals surface area (Å²) in [5.41, 5.74) is 1.84. The molecule has 2 aromatic carbocycles. The van der Waals surface area contributed by atoms with Crippen LogP contribution in [0.25, 0.3) is 17.4 Å². The third-order valence-corrected chi connectivity index (χ3v) is 5.34. The molecule has 2 amide bonds. The summed E-state index contributed by atoms with van der Waals surface area (Å²) in [7, 11) is 0. The minimum absolute atomic E-state index is 0.0475. The molecule has 1 aliphatic heterocycles. The van der Waals surface area contributed by atoms with Crippen molar-refractivity contribution in [3.05, 3.63) is 82.1 Å². The number of hydrogen-bond donors (Lipinski definition) is 2. The summed E-state index contributed by atoms with van der Waals surface area (Å²) in [6.45, 7) is 1.77. The molecule has 0 atom stereocenters. The fourth-order valence-electron chi connectivity index (χ4n) is 3.30. The van der Waals surface area contributed by atoms with Crippen LogP contribution in [0, 0.1) is 6.92 Å². The van der Waals surface area contributed by atoms with Crippen molar-refractivity contribution >= 4 is 58.5 Å². The molecule has 32 heavy (non-hydrogen) atoms. The van der Waals surface area contributed by atoms with Crippen LogP contribution in [0.3, 0.4) is 0 Å². The van der Waals surface area contributed by atoms with Crippen LogP contribution in [0.4, 0.5) is 5.69 Å². The summed E-state index contributed by atoms with van der Waals surface area (Å²) in [5, 5.41) is 12.0. The predicted molar refractivity (Wildman–Crippen MR) is 123 cm³/mol. The van der Waals surface area contributed by atoms with E-state index in [-0.39, 0.29) is 22.0 Å². The number of anilines is 1. The Morgan fingerprint density at radius 2 is 1.94 bits per heavy atom. The van der Waals surface area contributed by atoms with E-state index in [1.165, 1.54) is 17.0 Å². The zero-order valence-corrected chi connectivity index (χ0v) is 18.2. The minimum Gasteiger partial charge on any atom is -0.478 e. The Bertz CT molecular complexity index is 1330. The van der Waals surface area contributed by atoms with E-state index < -0.39 is 17.8 Å². The van der Waals surface area contributed by atoms with Crippen LogP contribution in [0.1, 0.15) is 21.7 Å². The number of hydrogen-bond acceptors (Lipinski definition) is 5. The molecule has 0 unspecified atom stereocenters. The summed E-state index contributed by atoms with van der Waals surface area (Å²) in [4.78, 5) is 37.8. The van der Waals surface area contributed by atoms with Crippen LogP contribution in [-0.4, -0.2) is 28.0 Å². The van der Waals surface area contributed by atoms with Crippen LogP contribution in [0.5, 0.6) is 0 Å². The lowest BCUT2D eigenvalue weighted by atomic mass is 10.0. The van der Waals surface area contributed by atoms with Crippen molar-refractivity contribution in [1.29, 1.82) is 0 Å². The van der Waals surface area contributed by atoms with Crippen molar-refractivity contribution in [3.63, 3.8) is 0 Å². The van der Waals surface area contributed by atoms with Gasteiger partial charge in [-0.1, -0.05) is 23.7 Å². The maximum atomic E-state index is 13.1. The van der Waals surface area contributed by atoms with E-state index in [0.29, 0.717) is 27.6 Å². The topological polar surface area (TPSA) is 99.8 Å². The van der Waals surface area contributed by atoms with Crippen molar-refractivity contribution in [3.8, 4) is 11.3 Å². The zero-order valence-electron chi connectivity index (χ0n) is 16.6. The van der Waals surface area contributed by atoms with Gasteiger partial charge in [0.05, 0.1) is 11.3 Å². The fraction of sp³-hybridized carbons (Fsp3) is 0.0435. The summed E-state index contributed by atoms with van der Waals surface area (Å²) < 4.78 is 5.81. The summed E-state index contributed by atoms with van der Waals surface area (Å²) in [5.74, 6) is -1.52. The Morgan fingerprint density at radius 3 is 2.62 bits per heavy atom. The minimum atomic E-state index is -1.02. The van der Waals surface area contributed by atoms with E-state index in [4.69, 9.17) is 33.3 Å². The maximum absolute atomic E-state index is 13.1. The monoisotopic (exact) mass is 466 g/mol. The molecule has 1 aromatic heterocycles. The van der Waals surface area contributed by atoms with Crippen LogP contribution in [0.2, 0.25) is 5.02 Å². The molecule has 1 aliphatic rings. The SMILES string of the molecule is Cc1cc(C(=O)O)ccc1-c1ccc(/C=C2\C(=O)NC(=S)N(c3cccc(Cl)c3)C2=O)o1. The van der Waals surface area contributed by atoms with Gasteiger partial charge >= 0.3 is 5.97 Å². The van der Waals surface area contributed by atoms with Gasteiger partial charge < -0.3 is 9.52 Å². The van der Waals surface area contributed by atoms with Crippen LogP contribution < -0.4 is 10.2 Å². The lowest BCUT2D eigenvalue weighted by Gasteiger charge is -2.28. The molecular weight excluding hydrogens is 452 g/mol. The number of carboxylic acid groups (broad SMARTS) is 1. The molecule has 0 aliphatic carbocycles. The normalized spacial score (nSPS) is 15.2. The van der Waals surface area contributed by atoms with Gasteiger partial charge in [-0.3, -0.25) is 19.8 Å². The second-order valence-electron chi connectivity index (χ2n) is 6.97. The van der Waals surface area contributed by atoms with E-state index in [1.807, 2.05) is 0 Å². The lowest BCUT2D eigenvalue weighted by Crippen LogP contribution is -2.54. The molecule has 9 heteroatoms. The molecule has 0 saturated carbocycles. The molecule has 7 nitrogen and oxygen atoms in total. The highest BCUT2D eigenvalue weighted by Gasteiger charge is 2.34. The van der Waals surface area contributed by atoms with Crippen LogP contribution in [0.15, 0.2) is 64.6 Å². The zero-order chi connectivity index (χ0) is 23.0. The third kappa shape index (κ3) is 4.05. The number of halogens is 1. The number of furan rings is 1. The number of nitrogens with one attached hydrogen (secondary N) is 1. The molecule has 1 saturated heterocycles. The number of benzene rings is 2. The molecule has 160 valence electrons. The summed E-state index contributed by atoms with van der Waals surface area (Å²) in [6.07, 6.45) is 1.33. The number of rotatable bonds is 4. The van der Waals surface area contributed by atoms with Crippen molar-refractivity contribution in [1.82, 2.24) is 5.32 Å². The molecule has 4 rings (SSSR count). The van der Waals surface area contributed by atoms with Gasteiger partial charge in [0.1, 0.15) is 17.1 Å². The number of nitrogens with zero attached hydrogens (tertiary/aromatic N) is 1. The fourth-order valence-corrected chi connectivity index (χ4v) is 3.76. The summed E-state index contributed by atoms with van der Waals surface area (Å²) in [6, 6.07) is 14.5. The van der Waals surface area contributed by atoms with Gasteiger partial charge in [0, 0.05) is 10.6 Å². The average molecular weight is 467 g/mol. The number of carbonyl (C=O) groups is 3. The molecule has 2 heterocycles. The number of carboxylic acids is 1. The lowest BCUT2D eigenvalue weighted by molar-refractivity contribution is -0.122. The van der Waals surface area contributed by atoms with E-state index >= 15 is 0 Å². The average Bonchev–Trinajstić information content (AvgIpc) is 3.19. The molecule has 2 N–H and O–H groups in total. The molecule has 0 spiro atoms. The molecule has 3 aromatic rings. The molecule has 0 radical (unpaired) electrons. The number of aryl methyl sites for hydroxylation is 1. The standard InChI is InChI=1S/C23H15ClN2O5S/c1-12-9-13(22(29)30)5-7-17(12)19-8-6-16(31-19)11-18-20(27)25-23(32)26(21(18)28)15-4-2-3-14(24)10-15/h2-11H,1H3,(H,29,30)(H,25,27,32)/b18-11+. The molecule has 0 bridgehead atoms. The quantitative estimate of drug-likeness (QED) is 0.335. The van der Waals surface area contributed by atoms with E-state index in [0.717, 1.165) is 0 Å². The van der Waals surface area contributed by atoms with Gasteiger partial charge in [0.15, 0.2) is 5.11 Å². The number of carbonyl (C=O) groups excluding carboxylic acids is 2. The van der Waals surface area contributed by atoms with Crippen molar-refractivity contribution in [2.45, 2.75) is 6.92 Å². The smallest absolute Gasteiger partial charge is 0.335 e. The van der Waals surface area contributed by atoms with E-state index in [9.17, 15) is 14.4 Å². The number of amides is 2. The number of thiocarbonyl (C=S) groups is 1. The Hall–Kier alpha value is -3.75. The molecular formula is C23H15ClN2O5S. The highest BCUT2D eigenvalue weighted by molar-refractivity contribution is 7.80. The highest BCUT2D eigenvalue weighted by Crippen LogP contribution is 2.29. The van der Waals surface area contributed by atoms with Crippen molar-refractivity contribution in [2.75, 3.05) is 4.90 Å². The van der Waals surface area contributed by atoms with Gasteiger partial charge in [-0.05, 0) is 73.2 Å². The van der Waals surface area contributed by atoms with Gasteiger partial charge in [-0.15, -0.1) is 0 Å². The third-order valence-electron chi connectivity index (χ3n) is 4.82. The first-order valence-corrected chi connectivity index (χ1v) is 10.1. The van der Waals surface area contributed by atoms with Crippen LogP contribution in [-0.2, 0) is 9.59 Å². The van der Waals surface area contributed by atoms with Gasteiger partial charge in [0.25, 0.3) is 11.8 Å². The maximum Gasteiger partial charge on any atom is 0.335 e. The summed E-state index contributed by atoms with van der Waals surface area (Å²) >= 11 is 11.2. The number of aromatic carboxylic acids is 1. The van der Waals surface area contributed by atoms with Gasteiger partial charge in [0.2, 0.25) is 0 Å². The second-order valence-corrected chi connectivity index (χ2v) is 7.80. The Kier molecular flexibility index (Phi) is 5.65. The first-order valence-electron chi connectivity index (χ1n) is 9.36.